The third kappa shape index (κ3) is 3.26. The van der Waals surface area contributed by atoms with E-state index in [9.17, 15) is 18.0 Å². The molecule has 9 nitrogen and oxygen atoms in total. The summed E-state index contributed by atoms with van der Waals surface area (Å²) >= 11 is 0. The number of carbonyl (C=O) groups excluding carboxylic acids is 1. The summed E-state index contributed by atoms with van der Waals surface area (Å²) in [6.07, 6.45) is 2.02. The highest BCUT2D eigenvalue weighted by atomic mass is 32.2. The topological polar surface area (TPSA) is 117 Å². The Morgan fingerprint density at radius 3 is 2.79 bits per heavy atom. The first-order valence-electron chi connectivity index (χ1n) is 8.45. The van der Waals surface area contributed by atoms with Crippen LogP contribution < -0.4 is 5.56 Å². The number of benzene rings is 1. The lowest BCUT2D eigenvalue weighted by Gasteiger charge is -2.12. The highest BCUT2D eigenvalue weighted by molar-refractivity contribution is 7.89. The largest absolute Gasteiger partial charge is 0.462 e. The van der Waals surface area contributed by atoms with E-state index in [1.165, 1.54) is 31.4 Å². The van der Waals surface area contributed by atoms with Gasteiger partial charge in [0.2, 0.25) is 10.0 Å². The number of aromatic nitrogens is 2. The maximum atomic E-state index is 12.7. The number of pyridine rings is 1. The molecule has 0 aliphatic rings. The van der Waals surface area contributed by atoms with Crippen LogP contribution in [0.2, 0.25) is 0 Å². The number of ether oxygens (including phenoxy) is 1. The van der Waals surface area contributed by atoms with E-state index >= 15 is 0 Å². The fraction of sp³-hybridized carbons (Fsp3) is 0.278. The first-order chi connectivity index (χ1) is 13.3. The molecular formula is C18H18N4O5S. The number of rotatable bonds is 6. The van der Waals surface area contributed by atoms with Crippen molar-refractivity contribution in [3.05, 3.63) is 51.7 Å². The van der Waals surface area contributed by atoms with Gasteiger partial charge >= 0.3 is 5.97 Å². The molecule has 0 spiro atoms. The fourth-order valence-electron chi connectivity index (χ4n) is 2.86. The van der Waals surface area contributed by atoms with E-state index in [1.807, 2.05) is 6.92 Å². The van der Waals surface area contributed by atoms with Gasteiger partial charge in [0, 0.05) is 29.5 Å². The van der Waals surface area contributed by atoms with E-state index < -0.39 is 21.6 Å². The van der Waals surface area contributed by atoms with Gasteiger partial charge in [-0.3, -0.25) is 9.64 Å². The second-order valence-corrected chi connectivity index (χ2v) is 8.20. The summed E-state index contributed by atoms with van der Waals surface area (Å²) in [5.41, 5.74) is 0.259. The number of aromatic amines is 2. The summed E-state index contributed by atoms with van der Waals surface area (Å²) in [6.45, 7) is 8.64. The molecule has 0 radical (unpaired) electrons. The summed E-state index contributed by atoms with van der Waals surface area (Å²) in [6, 6.07) is 4.19. The van der Waals surface area contributed by atoms with Crippen LogP contribution in [0.1, 0.15) is 23.7 Å². The van der Waals surface area contributed by atoms with Gasteiger partial charge in [0.15, 0.2) is 0 Å². The van der Waals surface area contributed by atoms with Crippen molar-refractivity contribution in [2.24, 2.45) is 0 Å². The lowest BCUT2D eigenvalue weighted by molar-refractivity contribution is 0.0507. The molecular weight excluding hydrogens is 384 g/mol. The minimum atomic E-state index is -3.90. The van der Waals surface area contributed by atoms with Gasteiger partial charge in [0.05, 0.1) is 17.1 Å². The maximum absolute atomic E-state index is 12.7. The number of sulfonamides is 1. The molecule has 1 aromatic carbocycles. The van der Waals surface area contributed by atoms with E-state index in [4.69, 9.17) is 11.3 Å². The van der Waals surface area contributed by atoms with Crippen molar-refractivity contribution in [1.29, 1.82) is 0 Å². The van der Waals surface area contributed by atoms with Gasteiger partial charge in [-0.1, -0.05) is 6.92 Å². The molecule has 10 heteroatoms. The molecule has 0 saturated heterocycles. The van der Waals surface area contributed by atoms with Gasteiger partial charge in [-0.2, -0.15) is 0 Å². The van der Waals surface area contributed by atoms with E-state index in [0.29, 0.717) is 22.7 Å². The van der Waals surface area contributed by atoms with Gasteiger partial charge < -0.3 is 14.7 Å². The number of esters is 1. The van der Waals surface area contributed by atoms with Crippen molar-refractivity contribution in [2.75, 3.05) is 20.3 Å². The molecule has 2 heterocycles. The first-order valence-corrected chi connectivity index (χ1v) is 9.89. The average Bonchev–Trinajstić information content (AvgIpc) is 3.12. The molecule has 0 aliphatic carbocycles. The average molecular weight is 402 g/mol. The molecule has 3 aromatic rings. The quantitative estimate of drug-likeness (QED) is 0.484. The Kier molecular flexibility index (Phi) is 5.22. The Hall–Kier alpha value is -3.16. The SMILES string of the molecule is [C-]#[N+]CN(C)S(=O)(=O)c1ccc2[nH]c(=O)c3[nH]cc(C(=O)OCCC)c3c2c1. The summed E-state index contributed by atoms with van der Waals surface area (Å²) in [5.74, 6) is -0.599. The van der Waals surface area contributed by atoms with Crippen molar-refractivity contribution in [1.82, 2.24) is 14.3 Å². The Morgan fingerprint density at radius 2 is 2.11 bits per heavy atom. The van der Waals surface area contributed by atoms with Crippen LogP contribution >= 0.6 is 0 Å². The Bertz CT molecular complexity index is 1270. The highest BCUT2D eigenvalue weighted by Crippen LogP contribution is 2.28. The van der Waals surface area contributed by atoms with Crippen LogP contribution in [0.5, 0.6) is 0 Å². The molecule has 0 atom stereocenters. The van der Waals surface area contributed by atoms with Crippen LogP contribution in [0, 0.1) is 6.57 Å². The van der Waals surface area contributed by atoms with E-state index in [0.717, 1.165) is 4.31 Å². The standard InChI is InChI=1S/C18H18N4O5S/c1-4-7-27-18(24)13-9-20-16-15(13)12-8-11(5-6-14(12)21-17(16)23)28(25,26)22(3)10-19-2/h5-6,8-9,20H,4,7,10H2,1,3H3,(H,21,23). The minimum Gasteiger partial charge on any atom is -0.462 e. The lowest BCUT2D eigenvalue weighted by atomic mass is 10.1. The van der Waals surface area contributed by atoms with E-state index in [2.05, 4.69) is 14.8 Å². The summed E-state index contributed by atoms with van der Waals surface area (Å²) in [5, 5.41) is 0.682. The summed E-state index contributed by atoms with van der Waals surface area (Å²) < 4.78 is 31.5. The molecule has 3 rings (SSSR count). The number of carbonyl (C=O) groups is 1. The smallest absolute Gasteiger partial charge is 0.340 e. The van der Waals surface area contributed by atoms with Crippen molar-refractivity contribution in [2.45, 2.75) is 18.2 Å². The molecule has 0 unspecified atom stereocenters. The molecule has 0 bridgehead atoms. The molecule has 0 saturated carbocycles. The number of fused-ring (bicyclic) bond motifs is 3. The second kappa shape index (κ2) is 7.46. The van der Waals surface area contributed by atoms with Crippen molar-refractivity contribution >= 4 is 37.8 Å². The Labute approximate surface area is 160 Å². The third-order valence-corrected chi connectivity index (χ3v) is 6.04. The Morgan fingerprint density at radius 1 is 1.36 bits per heavy atom. The zero-order chi connectivity index (χ0) is 20.5. The number of hydrogen-bond donors (Lipinski definition) is 2. The van der Waals surface area contributed by atoms with Gasteiger partial charge in [0.25, 0.3) is 12.2 Å². The number of hydrogen-bond acceptors (Lipinski definition) is 5. The highest BCUT2D eigenvalue weighted by Gasteiger charge is 2.24. The zero-order valence-corrected chi connectivity index (χ0v) is 16.1. The molecule has 0 aliphatic heterocycles. The number of nitrogens with one attached hydrogen (secondary N) is 2. The van der Waals surface area contributed by atoms with Crippen LogP contribution in [0.25, 0.3) is 26.7 Å². The van der Waals surface area contributed by atoms with Gasteiger partial charge in [-0.05, 0) is 24.6 Å². The monoisotopic (exact) mass is 402 g/mol. The molecule has 2 aromatic heterocycles. The number of H-pyrrole nitrogens is 2. The van der Waals surface area contributed by atoms with Crippen molar-refractivity contribution in [3.63, 3.8) is 0 Å². The lowest BCUT2D eigenvalue weighted by Crippen LogP contribution is -2.26. The van der Waals surface area contributed by atoms with Crippen LogP contribution in [-0.4, -0.2) is 49.0 Å². The molecule has 0 fully saturated rings. The third-order valence-electron chi connectivity index (χ3n) is 4.25. The molecule has 146 valence electrons. The van der Waals surface area contributed by atoms with Gasteiger partial charge in [-0.15, -0.1) is 4.31 Å². The maximum Gasteiger partial charge on any atom is 0.340 e. The van der Waals surface area contributed by atoms with Crippen LogP contribution in [-0.2, 0) is 14.8 Å². The molecule has 0 amide bonds. The van der Waals surface area contributed by atoms with Gasteiger partial charge in [-0.25, -0.2) is 19.8 Å². The summed E-state index contributed by atoms with van der Waals surface area (Å²) in [4.78, 5) is 33.2. The van der Waals surface area contributed by atoms with Gasteiger partial charge in [0.1, 0.15) is 5.52 Å². The normalized spacial score (nSPS) is 11.8. The summed E-state index contributed by atoms with van der Waals surface area (Å²) in [7, 11) is -2.59. The second-order valence-electron chi connectivity index (χ2n) is 6.15. The predicted octanol–water partition coefficient (Wildman–Crippen LogP) is 2.07. The fourth-order valence-corrected chi connectivity index (χ4v) is 3.93. The zero-order valence-electron chi connectivity index (χ0n) is 15.3. The Balaban J connectivity index is 2.27. The first kappa shape index (κ1) is 19.6. The minimum absolute atomic E-state index is 0.0476. The van der Waals surface area contributed by atoms with E-state index in [1.54, 1.807) is 0 Å². The number of nitrogens with zero attached hydrogens (tertiary/aromatic N) is 2. The molecule has 2 N–H and O–H groups in total. The van der Waals surface area contributed by atoms with E-state index in [-0.39, 0.29) is 29.3 Å². The van der Waals surface area contributed by atoms with Crippen LogP contribution in [0.4, 0.5) is 0 Å². The van der Waals surface area contributed by atoms with Crippen LogP contribution in [0.15, 0.2) is 34.1 Å². The van der Waals surface area contributed by atoms with Crippen molar-refractivity contribution < 1.29 is 17.9 Å². The van der Waals surface area contributed by atoms with Crippen molar-refractivity contribution in [3.8, 4) is 0 Å². The molecule has 28 heavy (non-hydrogen) atoms. The van der Waals surface area contributed by atoms with Crippen LogP contribution in [0.3, 0.4) is 0 Å². The predicted molar refractivity (Wildman–Crippen MR) is 103 cm³/mol.